The lowest BCUT2D eigenvalue weighted by molar-refractivity contribution is -0.117. The van der Waals surface area contributed by atoms with E-state index >= 15 is 0 Å². The van der Waals surface area contributed by atoms with Crippen LogP contribution in [0.15, 0.2) is 36.4 Å². The molecule has 2 aromatic carbocycles. The standard InChI is InChI=1S/C21H28N2O3S/c1-7-20(21(24)22-18-10-14(2)8-15(3)11-18)23(27(6,25)26)19-12-16(4)9-17(5)13-19/h8-13,20H,7H2,1-6H3,(H,22,24)/t20-/m1/s1. The molecule has 1 N–H and O–H groups in total. The summed E-state index contributed by atoms with van der Waals surface area (Å²) >= 11 is 0. The number of amides is 1. The van der Waals surface area contributed by atoms with Gasteiger partial charge in [-0.3, -0.25) is 9.10 Å². The van der Waals surface area contributed by atoms with Gasteiger partial charge in [0.25, 0.3) is 0 Å². The summed E-state index contributed by atoms with van der Waals surface area (Å²) in [6.07, 6.45) is 1.49. The van der Waals surface area contributed by atoms with Crippen LogP contribution in [0.3, 0.4) is 0 Å². The number of carbonyl (C=O) groups is 1. The van der Waals surface area contributed by atoms with Gasteiger partial charge in [-0.15, -0.1) is 0 Å². The Morgan fingerprint density at radius 2 is 1.37 bits per heavy atom. The van der Waals surface area contributed by atoms with Crippen molar-refractivity contribution in [2.45, 2.75) is 47.1 Å². The van der Waals surface area contributed by atoms with Crippen LogP contribution < -0.4 is 9.62 Å². The smallest absolute Gasteiger partial charge is 0.248 e. The van der Waals surface area contributed by atoms with Crippen molar-refractivity contribution in [3.63, 3.8) is 0 Å². The maximum atomic E-state index is 13.0. The molecule has 0 fully saturated rings. The SMILES string of the molecule is CC[C@H](C(=O)Nc1cc(C)cc(C)c1)N(c1cc(C)cc(C)c1)S(C)(=O)=O. The normalized spacial score (nSPS) is 12.5. The number of hydrogen-bond donors (Lipinski definition) is 1. The van der Waals surface area contributed by atoms with Crippen LogP contribution in [-0.2, 0) is 14.8 Å². The Morgan fingerprint density at radius 1 is 0.926 bits per heavy atom. The average molecular weight is 389 g/mol. The first-order chi connectivity index (χ1) is 12.5. The van der Waals surface area contributed by atoms with E-state index in [-0.39, 0.29) is 5.91 Å². The van der Waals surface area contributed by atoms with E-state index in [0.717, 1.165) is 28.5 Å². The van der Waals surface area contributed by atoms with Gasteiger partial charge in [-0.25, -0.2) is 8.42 Å². The molecule has 0 saturated heterocycles. The van der Waals surface area contributed by atoms with Crippen LogP contribution in [0, 0.1) is 27.7 Å². The van der Waals surface area contributed by atoms with Crippen molar-refractivity contribution in [1.29, 1.82) is 0 Å². The summed E-state index contributed by atoms with van der Waals surface area (Å²) in [6, 6.07) is 10.5. The van der Waals surface area contributed by atoms with Gasteiger partial charge in [0, 0.05) is 5.69 Å². The highest BCUT2D eigenvalue weighted by Crippen LogP contribution is 2.26. The number of nitrogens with zero attached hydrogens (tertiary/aromatic N) is 1. The summed E-state index contributed by atoms with van der Waals surface area (Å²) in [7, 11) is -3.64. The molecule has 0 aromatic heterocycles. The third-order valence-electron chi connectivity index (χ3n) is 4.28. The van der Waals surface area contributed by atoms with Crippen molar-refractivity contribution < 1.29 is 13.2 Å². The molecule has 0 saturated carbocycles. The zero-order valence-corrected chi connectivity index (χ0v) is 17.6. The number of rotatable bonds is 6. The van der Waals surface area contributed by atoms with Gasteiger partial charge in [-0.1, -0.05) is 19.1 Å². The molecule has 6 heteroatoms. The maximum absolute atomic E-state index is 13.0. The van der Waals surface area contributed by atoms with Gasteiger partial charge in [0.2, 0.25) is 15.9 Å². The molecule has 1 amide bonds. The fourth-order valence-electron chi connectivity index (χ4n) is 3.41. The number of sulfonamides is 1. The zero-order chi connectivity index (χ0) is 20.4. The lowest BCUT2D eigenvalue weighted by Crippen LogP contribution is -2.47. The highest BCUT2D eigenvalue weighted by Gasteiger charge is 2.31. The quantitative estimate of drug-likeness (QED) is 0.810. The van der Waals surface area contributed by atoms with Crippen LogP contribution in [0.1, 0.15) is 35.6 Å². The molecule has 0 aliphatic rings. The van der Waals surface area contributed by atoms with E-state index in [2.05, 4.69) is 5.32 Å². The highest BCUT2D eigenvalue weighted by molar-refractivity contribution is 7.92. The van der Waals surface area contributed by atoms with E-state index in [1.165, 1.54) is 4.31 Å². The third kappa shape index (κ3) is 5.32. The summed E-state index contributed by atoms with van der Waals surface area (Å²) in [5.41, 5.74) is 5.15. The van der Waals surface area contributed by atoms with Gasteiger partial charge < -0.3 is 5.32 Å². The topological polar surface area (TPSA) is 66.5 Å². The van der Waals surface area contributed by atoms with Gasteiger partial charge in [0.15, 0.2) is 0 Å². The largest absolute Gasteiger partial charge is 0.324 e. The maximum Gasteiger partial charge on any atom is 0.248 e. The molecule has 0 aliphatic carbocycles. The molecule has 0 radical (unpaired) electrons. The third-order valence-corrected chi connectivity index (χ3v) is 5.46. The molecular weight excluding hydrogens is 360 g/mol. The second-order valence-corrected chi connectivity index (χ2v) is 9.05. The Balaban J connectivity index is 2.44. The number of hydrogen-bond acceptors (Lipinski definition) is 3. The van der Waals surface area contributed by atoms with Crippen molar-refractivity contribution in [3.05, 3.63) is 58.7 Å². The monoisotopic (exact) mass is 388 g/mol. The predicted octanol–water partition coefficient (Wildman–Crippen LogP) is 4.10. The lowest BCUT2D eigenvalue weighted by Gasteiger charge is -2.30. The Labute approximate surface area is 162 Å². The van der Waals surface area contributed by atoms with E-state index in [9.17, 15) is 13.2 Å². The molecule has 0 bridgehead atoms. The fourth-order valence-corrected chi connectivity index (χ4v) is 4.61. The number of benzene rings is 2. The van der Waals surface area contributed by atoms with Crippen molar-refractivity contribution in [2.75, 3.05) is 15.9 Å². The molecule has 1 atom stereocenters. The first kappa shape index (κ1) is 21.0. The molecule has 27 heavy (non-hydrogen) atoms. The van der Waals surface area contributed by atoms with E-state index in [4.69, 9.17) is 0 Å². The molecule has 2 aromatic rings. The second-order valence-electron chi connectivity index (χ2n) is 7.19. The molecule has 0 heterocycles. The first-order valence-corrected chi connectivity index (χ1v) is 10.8. The summed E-state index contributed by atoms with van der Waals surface area (Å²) in [4.78, 5) is 13.0. The van der Waals surface area contributed by atoms with E-state index in [1.807, 2.05) is 58.9 Å². The van der Waals surface area contributed by atoms with E-state index in [0.29, 0.717) is 17.8 Å². The lowest BCUT2D eigenvalue weighted by atomic mass is 10.1. The number of carbonyl (C=O) groups excluding carboxylic acids is 1. The van der Waals surface area contributed by atoms with E-state index in [1.54, 1.807) is 12.1 Å². The Bertz CT molecular complexity index is 911. The van der Waals surface area contributed by atoms with Gasteiger partial charge in [0.05, 0.1) is 11.9 Å². The van der Waals surface area contributed by atoms with Gasteiger partial charge >= 0.3 is 0 Å². The number of aryl methyl sites for hydroxylation is 4. The van der Waals surface area contributed by atoms with Crippen LogP contribution in [0.25, 0.3) is 0 Å². The molecule has 2 rings (SSSR count). The number of nitrogens with one attached hydrogen (secondary N) is 1. The first-order valence-electron chi connectivity index (χ1n) is 8.98. The van der Waals surface area contributed by atoms with Crippen molar-refractivity contribution in [2.24, 2.45) is 0 Å². The van der Waals surface area contributed by atoms with Crippen LogP contribution >= 0.6 is 0 Å². The van der Waals surface area contributed by atoms with Crippen LogP contribution in [0.4, 0.5) is 11.4 Å². The van der Waals surface area contributed by atoms with Gasteiger partial charge in [-0.2, -0.15) is 0 Å². The van der Waals surface area contributed by atoms with Crippen molar-refractivity contribution in [3.8, 4) is 0 Å². The molecule has 0 aliphatic heterocycles. The summed E-state index contributed by atoms with van der Waals surface area (Å²) in [6.45, 7) is 9.55. The molecule has 0 spiro atoms. The summed E-state index contributed by atoms with van der Waals surface area (Å²) < 4.78 is 26.4. The van der Waals surface area contributed by atoms with Gasteiger partial charge in [-0.05, 0) is 80.6 Å². The Morgan fingerprint density at radius 3 is 1.78 bits per heavy atom. The minimum absolute atomic E-state index is 0.341. The fraction of sp³-hybridized carbons (Fsp3) is 0.381. The Hall–Kier alpha value is -2.34. The molecular formula is C21H28N2O3S. The second kappa shape index (κ2) is 8.13. The zero-order valence-electron chi connectivity index (χ0n) is 16.8. The summed E-state index contributed by atoms with van der Waals surface area (Å²) in [5, 5.41) is 2.88. The average Bonchev–Trinajstić information content (AvgIpc) is 2.48. The van der Waals surface area contributed by atoms with Crippen molar-refractivity contribution >= 4 is 27.3 Å². The van der Waals surface area contributed by atoms with Crippen molar-refractivity contribution in [1.82, 2.24) is 0 Å². The van der Waals surface area contributed by atoms with Gasteiger partial charge in [0.1, 0.15) is 6.04 Å². The van der Waals surface area contributed by atoms with E-state index < -0.39 is 16.1 Å². The molecule has 0 unspecified atom stereocenters. The van der Waals surface area contributed by atoms with Crippen LogP contribution in [-0.4, -0.2) is 26.6 Å². The predicted molar refractivity (Wildman–Crippen MR) is 112 cm³/mol. The Kier molecular flexibility index (Phi) is 6.31. The highest BCUT2D eigenvalue weighted by atomic mass is 32.2. The summed E-state index contributed by atoms with van der Waals surface area (Å²) in [5.74, 6) is -0.341. The minimum Gasteiger partial charge on any atom is -0.324 e. The van der Waals surface area contributed by atoms with Crippen LogP contribution in [0.5, 0.6) is 0 Å². The number of anilines is 2. The van der Waals surface area contributed by atoms with Crippen LogP contribution in [0.2, 0.25) is 0 Å². The molecule has 5 nitrogen and oxygen atoms in total. The minimum atomic E-state index is -3.64. The molecule has 146 valence electrons.